The number of aliphatic hydroxyl groups is 1. The van der Waals surface area contributed by atoms with Crippen LogP contribution in [0, 0.1) is 0 Å². The van der Waals surface area contributed by atoms with Crippen molar-refractivity contribution < 1.29 is 14.6 Å². The number of rotatable bonds is 10. The first-order chi connectivity index (χ1) is 7.95. The molecule has 0 aromatic carbocycles. The molecule has 0 spiro atoms. The third kappa shape index (κ3) is 13.8. The third-order valence-corrected chi connectivity index (χ3v) is 2.08. The van der Waals surface area contributed by atoms with E-state index >= 15 is 0 Å². The van der Waals surface area contributed by atoms with Crippen LogP contribution in [0.2, 0.25) is 0 Å². The number of aliphatic hydroxyl groups excluding tert-OH is 1. The van der Waals surface area contributed by atoms with E-state index in [0.717, 1.165) is 32.6 Å². The zero-order valence-electron chi connectivity index (χ0n) is 11.8. The second kappa shape index (κ2) is 9.83. The van der Waals surface area contributed by atoms with Crippen LogP contribution >= 0.6 is 0 Å². The Balaban J connectivity index is 3.25. The van der Waals surface area contributed by atoms with E-state index < -0.39 is 6.10 Å². The highest BCUT2D eigenvalue weighted by molar-refractivity contribution is 4.64. The molecule has 0 aliphatic rings. The Bertz CT molecular complexity index is 169. The van der Waals surface area contributed by atoms with Crippen molar-refractivity contribution in [2.45, 2.75) is 52.2 Å². The summed E-state index contributed by atoms with van der Waals surface area (Å²) in [6.45, 7) is 11.5. The maximum Gasteiger partial charge on any atom is 0.0897 e. The van der Waals surface area contributed by atoms with Crippen molar-refractivity contribution >= 4 is 0 Å². The average Bonchev–Trinajstić information content (AvgIpc) is 2.24. The largest absolute Gasteiger partial charge is 0.389 e. The summed E-state index contributed by atoms with van der Waals surface area (Å²) >= 11 is 0. The molecule has 0 radical (unpaired) electrons. The molecule has 1 unspecified atom stereocenters. The van der Waals surface area contributed by atoms with Gasteiger partial charge in [-0.3, -0.25) is 0 Å². The van der Waals surface area contributed by atoms with Crippen LogP contribution in [-0.2, 0) is 9.47 Å². The van der Waals surface area contributed by atoms with Gasteiger partial charge in [0.05, 0.1) is 18.3 Å². The van der Waals surface area contributed by atoms with Crippen molar-refractivity contribution in [1.82, 2.24) is 5.32 Å². The van der Waals surface area contributed by atoms with Gasteiger partial charge in [-0.15, -0.1) is 0 Å². The second-order valence-electron chi connectivity index (χ2n) is 5.25. The van der Waals surface area contributed by atoms with Gasteiger partial charge in [-0.25, -0.2) is 0 Å². The van der Waals surface area contributed by atoms with E-state index in [-0.39, 0.29) is 5.60 Å². The quantitative estimate of drug-likeness (QED) is 0.575. The first kappa shape index (κ1) is 16.8. The lowest BCUT2D eigenvalue weighted by molar-refractivity contribution is -0.0478. The van der Waals surface area contributed by atoms with Crippen molar-refractivity contribution in [1.29, 1.82) is 0 Å². The molecule has 0 rings (SSSR count). The summed E-state index contributed by atoms with van der Waals surface area (Å²) in [5.41, 5.74) is -0.186. The Morgan fingerprint density at radius 2 is 1.94 bits per heavy atom. The molecule has 104 valence electrons. The predicted molar refractivity (Wildman–Crippen MR) is 70.3 cm³/mol. The van der Waals surface area contributed by atoms with Gasteiger partial charge >= 0.3 is 0 Å². The van der Waals surface area contributed by atoms with E-state index in [9.17, 15) is 5.11 Å². The van der Waals surface area contributed by atoms with E-state index in [1.54, 1.807) is 0 Å². The molecule has 17 heavy (non-hydrogen) atoms. The SMILES string of the molecule is CCCOCCCNCC(O)COC(C)(C)C. The monoisotopic (exact) mass is 247 g/mol. The first-order valence-electron chi connectivity index (χ1n) is 6.56. The van der Waals surface area contributed by atoms with Crippen LogP contribution in [0.1, 0.15) is 40.5 Å². The fourth-order valence-corrected chi connectivity index (χ4v) is 1.22. The zero-order chi connectivity index (χ0) is 13.1. The average molecular weight is 247 g/mol. The molecule has 4 heteroatoms. The number of nitrogens with one attached hydrogen (secondary N) is 1. The van der Waals surface area contributed by atoms with E-state index in [1.807, 2.05) is 20.8 Å². The molecule has 0 saturated carbocycles. The lowest BCUT2D eigenvalue weighted by Crippen LogP contribution is -2.34. The Morgan fingerprint density at radius 1 is 1.24 bits per heavy atom. The van der Waals surface area contributed by atoms with Crippen LogP contribution in [0.4, 0.5) is 0 Å². The Morgan fingerprint density at radius 3 is 2.53 bits per heavy atom. The fourth-order valence-electron chi connectivity index (χ4n) is 1.22. The number of hydrogen-bond acceptors (Lipinski definition) is 4. The minimum absolute atomic E-state index is 0.186. The molecule has 0 heterocycles. The standard InChI is InChI=1S/C13H29NO3/c1-5-8-16-9-6-7-14-10-12(15)11-17-13(2,3)4/h12,14-15H,5-11H2,1-4H3. The first-order valence-corrected chi connectivity index (χ1v) is 6.56. The van der Waals surface area contributed by atoms with Crippen molar-refractivity contribution in [2.24, 2.45) is 0 Å². The number of hydrogen-bond donors (Lipinski definition) is 2. The molecular formula is C13H29NO3. The Labute approximate surface area is 106 Å². The lowest BCUT2D eigenvalue weighted by Gasteiger charge is -2.22. The number of ether oxygens (including phenoxy) is 2. The minimum Gasteiger partial charge on any atom is -0.389 e. The second-order valence-corrected chi connectivity index (χ2v) is 5.25. The molecule has 0 amide bonds. The molecule has 4 nitrogen and oxygen atoms in total. The molecule has 0 aromatic heterocycles. The molecule has 1 atom stereocenters. The minimum atomic E-state index is -0.439. The van der Waals surface area contributed by atoms with Crippen LogP contribution in [0.3, 0.4) is 0 Å². The summed E-state index contributed by atoms with van der Waals surface area (Å²) in [6.07, 6.45) is 1.61. The summed E-state index contributed by atoms with van der Waals surface area (Å²) in [4.78, 5) is 0. The Hall–Kier alpha value is -0.160. The van der Waals surface area contributed by atoms with E-state index in [2.05, 4.69) is 12.2 Å². The summed E-state index contributed by atoms with van der Waals surface area (Å²) in [5.74, 6) is 0. The van der Waals surface area contributed by atoms with Gasteiger partial charge in [0, 0.05) is 19.8 Å². The lowest BCUT2D eigenvalue weighted by atomic mass is 10.2. The van der Waals surface area contributed by atoms with Gasteiger partial charge in [0.25, 0.3) is 0 Å². The highest BCUT2D eigenvalue weighted by Gasteiger charge is 2.12. The van der Waals surface area contributed by atoms with Crippen LogP contribution < -0.4 is 5.32 Å². The molecule has 0 aliphatic carbocycles. The molecule has 0 aromatic rings. The van der Waals surface area contributed by atoms with Gasteiger partial charge < -0.3 is 19.9 Å². The van der Waals surface area contributed by atoms with Crippen molar-refractivity contribution in [3.63, 3.8) is 0 Å². The summed E-state index contributed by atoms with van der Waals surface area (Å²) in [5, 5.41) is 12.8. The molecule has 0 fully saturated rings. The topological polar surface area (TPSA) is 50.7 Å². The van der Waals surface area contributed by atoms with E-state index in [1.165, 1.54) is 0 Å². The third-order valence-electron chi connectivity index (χ3n) is 2.08. The van der Waals surface area contributed by atoms with Crippen molar-refractivity contribution in [3.8, 4) is 0 Å². The molecule has 2 N–H and O–H groups in total. The predicted octanol–water partition coefficient (Wildman–Crippen LogP) is 1.57. The van der Waals surface area contributed by atoms with Gasteiger partial charge in [0.2, 0.25) is 0 Å². The van der Waals surface area contributed by atoms with Crippen LogP contribution in [0.15, 0.2) is 0 Å². The highest BCUT2D eigenvalue weighted by Crippen LogP contribution is 2.06. The van der Waals surface area contributed by atoms with Gasteiger partial charge in [-0.05, 0) is 40.2 Å². The normalized spacial score (nSPS) is 13.9. The van der Waals surface area contributed by atoms with E-state index in [0.29, 0.717) is 13.2 Å². The molecule has 0 bridgehead atoms. The van der Waals surface area contributed by atoms with Gasteiger partial charge in [0.1, 0.15) is 0 Å². The van der Waals surface area contributed by atoms with E-state index in [4.69, 9.17) is 9.47 Å². The van der Waals surface area contributed by atoms with Crippen molar-refractivity contribution in [2.75, 3.05) is 32.9 Å². The van der Waals surface area contributed by atoms with Gasteiger partial charge in [0.15, 0.2) is 0 Å². The smallest absolute Gasteiger partial charge is 0.0897 e. The van der Waals surface area contributed by atoms with Crippen LogP contribution in [-0.4, -0.2) is 49.7 Å². The van der Waals surface area contributed by atoms with Gasteiger partial charge in [-0.1, -0.05) is 6.92 Å². The fraction of sp³-hybridized carbons (Fsp3) is 1.00. The maximum absolute atomic E-state index is 9.63. The summed E-state index contributed by atoms with van der Waals surface area (Å²) in [7, 11) is 0. The maximum atomic E-state index is 9.63. The van der Waals surface area contributed by atoms with Crippen LogP contribution in [0.5, 0.6) is 0 Å². The molecule has 0 aliphatic heterocycles. The summed E-state index contributed by atoms with van der Waals surface area (Å²) < 4.78 is 10.8. The zero-order valence-corrected chi connectivity index (χ0v) is 11.8. The summed E-state index contributed by atoms with van der Waals surface area (Å²) in [6, 6.07) is 0. The molecular weight excluding hydrogens is 218 g/mol. The molecule has 0 saturated heterocycles. The van der Waals surface area contributed by atoms with Crippen molar-refractivity contribution in [3.05, 3.63) is 0 Å². The Kier molecular flexibility index (Phi) is 9.74. The highest BCUT2D eigenvalue weighted by atomic mass is 16.5. The van der Waals surface area contributed by atoms with Gasteiger partial charge in [-0.2, -0.15) is 0 Å². The van der Waals surface area contributed by atoms with Crippen LogP contribution in [0.25, 0.3) is 0 Å².